The summed E-state index contributed by atoms with van der Waals surface area (Å²) in [6.45, 7) is 4.06. The van der Waals surface area contributed by atoms with E-state index in [-0.39, 0.29) is 5.91 Å². The molecule has 20 heavy (non-hydrogen) atoms. The number of benzene rings is 1. The zero-order chi connectivity index (χ0) is 14.7. The van der Waals surface area contributed by atoms with Crippen LogP contribution in [0.1, 0.15) is 27.9 Å². The molecule has 0 fully saturated rings. The molecule has 0 saturated carbocycles. The van der Waals surface area contributed by atoms with Crippen molar-refractivity contribution in [1.82, 2.24) is 4.98 Å². The van der Waals surface area contributed by atoms with Crippen LogP contribution < -0.4 is 10.1 Å². The second-order valence-corrected chi connectivity index (χ2v) is 6.23. The Morgan fingerprint density at radius 1 is 1.50 bits per heavy atom. The molecule has 1 aromatic heterocycles. The maximum Gasteiger partial charge on any atom is 0.258 e. The lowest BCUT2D eigenvalue weighted by Crippen LogP contribution is -2.12. The Hall–Kier alpha value is -1.40. The molecule has 0 saturated heterocycles. The van der Waals surface area contributed by atoms with Gasteiger partial charge in [0, 0.05) is 9.35 Å². The highest BCUT2D eigenvalue weighted by molar-refractivity contribution is 9.10. The summed E-state index contributed by atoms with van der Waals surface area (Å²) in [4.78, 5) is 17.8. The molecule has 0 aliphatic rings. The molecule has 0 aliphatic carbocycles. The van der Waals surface area contributed by atoms with Gasteiger partial charge in [0.2, 0.25) is 0 Å². The van der Waals surface area contributed by atoms with Crippen molar-refractivity contribution in [3.05, 3.63) is 38.8 Å². The average Bonchev–Trinajstić information content (AvgIpc) is 2.79. The number of nitrogens with zero attached hydrogens (tertiary/aromatic N) is 1. The highest BCUT2D eigenvalue weighted by Gasteiger charge is 2.14. The molecule has 2 aromatic rings. The molecule has 1 N–H and O–H groups in total. The van der Waals surface area contributed by atoms with Crippen LogP contribution in [-0.2, 0) is 6.42 Å². The highest BCUT2D eigenvalue weighted by atomic mass is 79.9. The van der Waals surface area contributed by atoms with Crippen molar-refractivity contribution < 1.29 is 9.53 Å². The number of aromatic nitrogens is 1. The van der Waals surface area contributed by atoms with E-state index in [1.54, 1.807) is 25.3 Å². The summed E-state index contributed by atoms with van der Waals surface area (Å²) >= 11 is 4.86. The van der Waals surface area contributed by atoms with E-state index in [4.69, 9.17) is 4.74 Å². The third-order valence-corrected chi connectivity index (χ3v) is 4.49. The molecule has 6 heteroatoms. The zero-order valence-electron chi connectivity index (χ0n) is 11.5. The number of thiazole rings is 1. The first kappa shape index (κ1) is 15.0. The lowest BCUT2D eigenvalue weighted by Gasteiger charge is -2.06. The molecule has 1 amide bonds. The quantitative estimate of drug-likeness (QED) is 0.901. The number of ether oxygens (including phenoxy) is 1. The number of amides is 1. The maximum atomic E-state index is 12.3. The van der Waals surface area contributed by atoms with Crippen LogP contribution in [0.4, 0.5) is 5.13 Å². The van der Waals surface area contributed by atoms with Crippen LogP contribution >= 0.6 is 27.3 Å². The summed E-state index contributed by atoms with van der Waals surface area (Å²) in [7, 11) is 1.57. The molecule has 0 bridgehead atoms. The van der Waals surface area contributed by atoms with E-state index < -0.39 is 0 Å². The predicted octanol–water partition coefficient (Wildman–Crippen LogP) is 4.04. The molecular formula is C14H15BrN2O2S. The number of halogens is 1. The van der Waals surface area contributed by atoms with E-state index in [0.29, 0.717) is 16.4 Å². The lowest BCUT2D eigenvalue weighted by atomic mass is 10.2. The molecular weight excluding hydrogens is 340 g/mol. The topological polar surface area (TPSA) is 51.2 Å². The number of aryl methyl sites for hydroxylation is 2. The van der Waals surface area contributed by atoms with Crippen molar-refractivity contribution in [3.63, 3.8) is 0 Å². The summed E-state index contributed by atoms with van der Waals surface area (Å²) in [6, 6.07) is 5.28. The van der Waals surface area contributed by atoms with Crippen molar-refractivity contribution >= 4 is 38.3 Å². The number of anilines is 1. The van der Waals surface area contributed by atoms with Gasteiger partial charge in [0.1, 0.15) is 5.75 Å². The Balaban J connectivity index is 2.23. The van der Waals surface area contributed by atoms with Gasteiger partial charge >= 0.3 is 0 Å². The van der Waals surface area contributed by atoms with Crippen molar-refractivity contribution in [1.29, 1.82) is 0 Å². The third kappa shape index (κ3) is 3.19. The Morgan fingerprint density at radius 2 is 2.25 bits per heavy atom. The minimum absolute atomic E-state index is 0.202. The maximum absolute atomic E-state index is 12.3. The molecule has 106 valence electrons. The summed E-state index contributed by atoms with van der Waals surface area (Å²) in [5, 5.41) is 3.45. The first-order chi connectivity index (χ1) is 9.55. The van der Waals surface area contributed by atoms with Gasteiger partial charge in [-0.05, 0) is 47.5 Å². The van der Waals surface area contributed by atoms with Gasteiger partial charge in [-0.1, -0.05) is 6.92 Å². The van der Waals surface area contributed by atoms with E-state index in [9.17, 15) is 4.79 Å². The number of carbonyl (C=O) groups is 1. The van der Waals surface area contributed by atoms with Gasteiger partial charge < -0.3 is 4.74 Å². The number of hydrogen-bond donors (Lipinski definition) is 1. The van der Waals surface area contributed by atoms with Crippen LogP contribution in [0.3, 0.4) is 0 Å². The fourth-order valence-electron chi connectivity index (χ4n) is 1.78. The smallest absolute Gasteiger partial charge is 0.258 e. The first-order valence-electron chi connectivity index (χ1n) is 6.16. The summed E-state index contributed by atoms with van der Waals surface area (Å²) < 4.78 is 5.86. The van der Waals surface area contributed by atoms with Gasteiger partial charge in [-0.2, -0.15) is 0 Å². The Labute approximate surface area is 130 Å². The van der Waals surface area contributed by atoms with Gasteiger partial charge in [0.15, 0.2) is 5.13 Å². The van der Waals surface area contributed by atoms with Gasteiger partial charge in [-0.15, -0.1) is 11.3 Å². The minimum atomic E-state index is -0.202. The molecule has 0 radical (unpaired) electrons. The largest absolute Gasteiger partial charge is 0.497 e. The molecule has 0 aliphatic heterocycles. The number of rotatable bonds is 4. The first-order valence-corrected chi connectivity index (χ1v) is 7.77. The van der Waals surface area contributed by atoms with E-state index in [2.05, 4.69) is 26.2 Å². The minimum Gasteiger partial charge on any atom is -0.497 e. The molecule has 1 aromatic carbocycles. The van der Waals surface area contributed by atoms with Crippen molar-refractivity contribution in [3.8, 4) is 5.75 Å². The van der Waals surface area contributed by atoms with Crippen LogP contribution in [0, 0.1) is 6.92 Å². The molecule has 4 nitrogen and oxygen atoms in total. The highest BCUT2D eigenvalue weighted by Crippen LogP contribution is 2.26. The Kier molecular flexibility index (Phi) is 4.77. The summed E-state index contributed by atoms with van der Waals surface area (Å²) in [5.41, 5.74) is 1.55. The average molecular weight is 355 g/mol. The van der Waals surface area contributed by atoms with Gasteiger partial charge in [0.05, 0.1) is 18.4 Å². The van der Waals surface area contributed by atoms with Gasteiger partial charge in [-0.25, -0.2) is 4.98 Å². The second kappa shape index (κ2) is 6.37. The normalized spacial score (nSPS) is 10.4. The Bertz CT molecular complexity index is 640. The van der Waals surface area contributed by atoms with Crippen molar-refractivity contribution in [2.24, 2.45) is 0 Å². The van der Waals surface area contributed by atoms with Gasteiger partial charge in [0.25, 0.3) is 5.91 Å². The van der Waals surface area contributed by atoms with Crippen LogP contribution in [0.25, 0.3) is 0 Å². The van der Waals surface area contributed by atoms with E-state index in [1.165, 1.54) is 11.3 Å². The standard InChI is InChI=1S/C14H15BrN2O2S/c1-4-12-8(2)20-14(16-12)17-13(18)10-7-9(19-3)5-6-11(10)15/h5-7H,4H2,1-3H3,(H,16,17,18). The van der Waals surface area contributed by atoms with Crippen LogP contribution in [0.2, 0.25) is 0 Å². The fourth-order valence-corrected chi connectivity index (χ4v) is 3.10. The molecule has 0 spiro atoms. The SMILES string of the molecule is CCc1nc(NC(=O)c2cc(OC)ccc2Br)sc1C. The van der Waals surface area contributed by atoms with Crippen molar-refractivity contribution in [2.75, 3.05) is 12.4 Å². The molecule has 0 atom stereocenters. The number of hydrogen-bond acceptors (Lipinski definition) is 4. The number of methoxy groups -OCH3 is 1. The fraction of sp³-hybridized carbons (Fsp3) is 0.286. The molecule has 1 heterocycles. The predicted molar refractivity (Wildman–Crippen MR) is 84.9 cm³/mol. The summed E-state index contributed by atoms with van der Waals surface area (Å²) in [5.74, 6) is 0.440. The third-order valence-electron chi connectivity index (χ3n) is 2.87. The number of carbonyl (C=O) groups excluding carboxylic acids is 1. The van der Waals surface area contributed by atoms with E-state index in [1.807, 2.05) is 13.8 Å². The molecule has 2 rings (SSSR count). The van der Waals surface area contributed by atoms with E-state index in [0.717, 1.165) is 21.5 Å². The summed E-state index contributed by atoms with van der Waals surface area (Å²) in [6.07, 6.45) is 0.862. The van der Waals surface area contributed by atoms with Gasteiger partial charge in [-0.3, -0.25) is 10.1 Å². The molecule has 0 unspecified atom stereocenters. The van der Waals surface area contributed by atoms with Crippen LogP contribution in [0.5, 0.6) is 5.75 Å². The number of nitrogens with one attached hydrogen (secondary N) is 1. The lowest BCUT2D eigenvalue weighted by molar-refractivity contribution is 0.102. The van der Waals surface area contributed by atoms with Crippen LogP contribution in [0.15, 0.2) is 22.7 Å². The second-order valence-electron chi connectivity index (χ2n) is 4.18. The van der Waals surface area contributed by atoms with Crippen molar-refractivity contribution in [2.45, 2.75) is 20.3 Å². The monoisotopic (exact) mass is 354 g/mol. The van der Waals surface area contributed by atoms with E-state index >= 15 is 0 Å². The Morgan fingerprint density at radius 3 is 2.85 bits per heavy atom. The zero-order valence-corrected chi connectivity index (χ0v) is 13.9. The van der Waals surface area contributed by atoms with Crippen LogP contribution in [-0.4, -0.2) is 18.0 Å².